The van der Waals surface area contributed by atoms with Gasteiger partial charge in [0.05, 0.1) is 6.54 Å². The molecular weight excluding hydrogens is 432 g/mol. The van der Waals surface area contributed by atoms with Gasteiger partial charge in [-0.25, -0.2) is 4.79 Å². The monoisotopic (exact) mass is 468 g/mol. The van der Waals surface area contributed by atoms with Crippen molar-refractivity contribution in [3.05, 3.63) is 77.4 Å². The Morgan fingerprint density at radius 3 is 2.03 bits per heavy atom. The molecule has 0 unspecified atom stereocenters. The van der Waals surface area contributed by atoms with Crippen molar-refractivity contribution in [1.29, 1.82) is 0 Å². The topological polar surface area (TPSA) is 58.6 Å². The van der Waals surface area contributed by atoms with Crippen LogP contribution in [0.5, 0.6) is 0 Å². The van der Waals surface area contributed by atoms with E-state index in [4.69, 9.17) is 4.84 Å². The number of hydroxylamine groups is 1. The number of rotatable bonds is 10. The van der Waals surface area contributed by atoms with Gasteiger partial charge < -0.3 is 4.84 Å². The summed E-state index contributed by atoms with van der Waals surface area (Å²) in [4.78, 5) is 31.6. The number of hydrogen-bond donors (Lipinski definition) is 2. The van der Waals surface area contributed by atoms with E-state index in [2.05, 4.69) is 71.5 Å². The van der Waals surface area contributed by atoms with E-state index in [1.807, 2.05) is 19.1 Å². The molecule has 1 atom stereocenters. The number of thiol groups is 1. The van der Waals surface area contributed by atoms with Gasteiger partial charge in [0.1, 0.15) is 6.04 Å². The molecule has 1 aliphatic heterocycles. The lowest BCUT2D eigenvalue weighted by atomic mass is 9.88. The van der Waals surface area contributed by atoms with Crippen LogP contribution in [-0.2, 0) is 14.4 Å². The van der Waals surface area contributed by atoms with Gasteiger partial charge in [0.25, 0.3) is 0 Å². The van der Waals surface area contributed by atoms with Crippen LogP contribution >= 0.6 is 12.6 Å². The molecule has 0 radical (unpaired) electrons. The zero-order chi connectivity index (χ0) is 22.8. The molecule has 1 aliphatic rings. The second-order valence-corrected chi connectivity index (χ2v) is 8.40. The molecule has 3 rings (SSSR count). The SMILES string of the molecule is C.CCCC(=O)[C@H](CS)NOC(=O)CN1CCC(=C(c2ccccc2)c2ccccc2)CC1. The summed E-state index contributed by atoms with van der Waals surface area (Å²) < 4.78 is 0. The zero-order valence-corrected chi connectivity index (χ0v) is 19.5. The molecule has 1 saturated heterocycles. The summed E-state index contributed by atoms with van der Waals surface area (Å²) in [5.41, 5.74) is 7.75. The van der Waals surface area contributed by atoms with Crippen molar-refractivity contribution in [2.45, 2.75) is 46.1 Å². The molecule has 178 valence electrons. The lowest BCUT2D eigenvalue weighted by Gasteiger charge is -2.29. The largest absolute Gasteiger partial charge is 0.369 e. The number of Topliss-reactive ketones (excluding diaryl/α,β-unsaturated/α-hetero) is 1. The number of carbonyl (C=O) groups excluding carboxylic acids is 2. The van der Waals surface area contributed by atoms with E-state index in [9.17, 15) is 9.59 Å². The lowest BCUT2D eigenvalue weighted by Crippen LogP contribution is -2.43. The predicted molar refractivity (Wildman–Crippen MR) is 138 cm³/mol. The minimum atomic E-state index is -0.558. The number of likely N-dealkylation sites (tertiary alicyclic amines) is 1. The first-order valence-corrected chi connectivity index (χ1v) is 11.9. The summed E-state index contributed by atoms with van der Waals surface area (Å²) in [6.45, 7) is 3.73. The highest BCUT2D eigenvalue weighted by atomic mass is 32.1. The molecule has 0 amide bonds. The Morgan fingerprint density at radius 2 is 1.55 bits per heavy atom. The number of hydrogen-bond acceptors (Lipinski definition) is 6. The highest BCUT2D eigenvalue weighted by molar-refractivity contribution is 7.80. The first kappa shape index (κ1) is 26.8. The first-order chi connectivity index (χ1) is 15.6. The van der Waals surface area contributed by atoms with Crippen LogP contribution in [-0.4, -0.2) is 48.1 Å². The van der Waals surface area contributed by atoms with Gasteiger partial charge >= 0.3 is 5.97 Å². The number of piperidine rings is 1. The summed E-state index contributed by atoms with van der Waals surface area (Å²) >= 11 is 4.18. The maximum Gasteiger partial charge on any atom is 0.338 e. The molecule has 2 aromatic carbocycles. The van der Waals surface area contributed by atoms with E-state index in [0.717, 1.165) is 32.4 Å². The van der Waals surface area contributed by atoms with Crippen LogP contribution in [0.15, 0.2) is 66.2 Å². The molecule has 0 aliphatic carbocycles. The van der Waals surface area contributed by atoms with Crippen molar-refractivity contribution >= 4 is 30.0 Å². The van der Waals surface area contributed by atoms with Crippen LogP contribution in [0.4, 0.5) is 0 Å². The minimum Gasteiger partial charge on any atom is -0.369 e. The van der Waals surface area contributed by atoms with Crippen molar-refractivity contribution in [2.75, 3.05) is 25.4 Å². The van der Waals surface area contributed by atoms with Gasteiger partial charge in [-0.15, -0.1) is 5.48 Å². The van der Waals surface area contributed by atoms with Crippen LogP contribution in [0.3, 0.4) is 0 Å². The van der Waals surface area contributed by atoms with Gasteiger partial charge in [0.15, 0.2) is 5.78 Å². The van der Waals surface area contributed by atoms with Crippen LogP contribution < -0.4 is 5.48 Å². The van der Waals surface area contributed by atoms with Gasteiger partial charge in [-0.2, -0.15) is 12.6 Å². The van der Waals surface area contributed by atoms with Crippen LogP contribution in [0.2, 0.25) is 0 Å². The third kappa shape index (κ3) is 7.84. The number of benzene rings is 2. The Morgan fingerprint density at radius 1 is 1.00 bits per heavy atom. The molecule has 2 aromatic rings. The number of ketones is 1. The quantitative estimate of drug-likeness (QED) is 0.382. The third-order valence-electron chi connectivity index (χ3n) is 5.67. The Bertz CT molecular complexity index is 864. The highest BCUT2D eigenvalue weighted by Gasteiger charge is 2.22. The van der Waals surface area contributed by atoms with E-state index in [1.54, 1.807) is 0 Å². The lowest BCUT2D eigenvalue weighted by molar-refractivity contribution is -0.155. The van der Waals surface area contributed by atoms with E-state index in [0.29, 0.717) is 12.2 Å². The molecule has 0 saturated carbocycles. The molecule has 1 heterocycles. The fourth-order valence-corrected chi connectivity index (χ4v) is 4.27. The van der Waals surface area contributed by atoms with E-state index < -0.39 is 6.04 Å². The van der Waals surface area contributed by atoms with Crippen molar-refractivity contribution < 1.29 is 14.4 Å². The number of nitrogens with zero attached hydrogens (tertiary/aromatic N) is 1. The van der Waals surface area contributed by atoms with Crippen LogP contribution in [0, 0.1) is 0 Å². The standard InChI is InChI=1S/C26H32N2O3S.CH4/c1-2-9-24(29)23(19-32)27-31-25(30)18-28-16-14-22(15-17-28)26(20-10-5-3-6-11-20)21-12-7-4-8-13-21;/h3-8,10-13,23,27,32H,2,9,14-19H2,1H3;1H4/t23-;/m0./s1. The molecule has 0 bridgehead atoms. The number of nitrogens with one attached hydrogen (secondary N) is 1. The van der Waals surface area contributed by atoms with Gasteiger partial charge in [0.2, 0.25) is 0 Å². The Kier molecular flexibility index (Phi) is 11.4. The van der Waals surface area contributed by atoms with Crippen molar-refractivity contribution in [3.63, 3.8) is 0 Å². The van der Waals surface area contributed by atoms with E-state index >= 15 is 0 Å². The third-order valence-corrected chi connectivity index (χ3v) is 6.04. The van der Waals surface area contributed by atoms with Gasteiger partial charge in [-0.05, 0) is 36.0 Å². The van der Waals surface area contributed by atoms with Crippen LogP contribution in [0.1, 0.15) is 51.2 Å². The molecule has 0 spiro atoms. The van der Waals surface area contributed by atoms with Crippen molar-refractivity contribution in [2.24, 2.45) is 0 Å². The van der Waals surface area contributed by atoms with Gasteiger partial charge in [-0.1, -0.05) is 80.6 Å². The Hall–Kier alpha value is -2.41. The van der Waals surface area contributed by atoms with Crippen LogP contribution in [0.25, 0.3) is 5.57 Å². The maximum atomic E-state index is 12.3. The molecule has 6 heteroatoms. The normalized spacial score (nSPS) is 14.8. The summed E-state index contributed by atoms with van der Waals surface area (Å²) in [6.07, 6.45) is 3.00. The molecular formula is C27H36N2O3S. The fourth-order valence-electron chi connectivity index (χ4n) is 3.99. The van der Waals surface area contributed by atoms with Gasteiger partial charge in [-0.3, -0.25) is 9.69 Å². The average molecular weight is 469 g/mol. The smallest absolute Gasteiger partial charge is 0.338 e. The molecule has 0 aromatic heterocycles. The minimum absolute atomic E-state index is 0. The maximum absolute atomic E-state index is 12.3. The molecule has 5 nitrogen and oxygen atoms in total. The van der Waals surface area contributed by atoms with Gasteiger partial charge in [0, 0.05) is 25.3 Å². The van der Waals surface area contributed by atoms with E-state index in [1.165, 1.54) is 22.3 Å². The molecule has 1 fully saturated rings. The van der Waals surface area contributed by atoms with Crippen molar-refractivity contribution in [3.8, 4) is 0 Å². The Labute approximate surface area is 203 Å². The molecule has 1 N–H and O–H groups in total. The summed E-state index contributed by atoms with van der Waals surface area (Å²) in [7, 11) is 0. The Balaban J connectivity index is 0.00000385. The second-order valence-electron chi connectivity index (χ2n) is 8.03. The molecule has 33 heavy (non-hydrogen) atoms. The first-order valence-electron chi connectivity index (χ1n) is 11.3. The fraction of sp³-hybridized carbons (Fsp3) is 0.407. The summed E-state index contributed by atoms with van der Waals surface area (Å²) in [5.74, 6) is -0.0663. The highest BCUT2D eigenvalue weighted by Crippen LogP contribution is 2.32. The number of carbonyl (C=O) groups is 2. The van der Waals surface area contributed by atoms with Crippen molar-refractivity contribution in [1.82, 2.24) is 10.4 Å². The van der Waals surface area contributed by atoms with E-state index in [-0.39, 0.29) is 25.7 Å². The average Bonchev–Trinajstić information content (AvgIpc) is 2.82. The summed E-state index contributed by atoms with van der Waals surface area (Å²) in [5, 5.41) is 0. The summed E-state index contributed by atoms with van der Waals surface area (Å²) in [6, 6.07) is 20.4. The predicted octanol–water partition coefficient (Wildman–Crippen LogP) is 4.94. The second kappa shape index (κ2) is 14.0. The zero-order valence-electron chi connectivity index (χ0n) is 18.6.